The zero-order valence-electron chi connectivity index (χ0n) is 11.6. The molecule has 2 aromatic rings. The summed E-state index contributed by atoms with van der Waals surface area (Å²) in [5.41, 5.74) is 3.29. The molecule has 20 heavy (non-hydrogen) atoms. The Hall–Kier alpha value is -1.74. The SMILES string of the molecule is CCc1ccccc1CNCCc1cc(F)cc(F)c1. The molecule has 2 aromatic carbocycles. The first kappa shape index (κ1) is 14.7. The van der Waals surface area contributed by atoms with Gasteiger partial charge in [-0.3, -0.25) is 0 Å². The van der Waals surface area contributed by atoms with E-state index in [1.165, 1.54) is 23.3 Å². The molecule has 0 amide bonds. The molecule has 1 nitrogen and oxygen atoms in total. The van der Waals surface area contributed by atoms with Crippen LogP contribution in [0.4, 0.5) is 8.78 Å². The zero-order valence-corrected chi connectivity index (χ0v) is 11.6. The average Bonchev–Trinajstić information content (AvgIpc) is 2.43. The van der Waals surface area contributed by atoms with Crippen LogP contribution in [0.25, 0.3) is 0 Å². The van der Waals surface area contributed by atoms with Crippen molar-refractivity contribution in [3.63, 3.8) is 0 Å². The third kappa shape index (κ3) is 4.14. The van der Waals surface area contributed by atoms with Gasteiger partial charge in [-0.25, -0.2) is 8.78 Å². The van der Waals surface area contributed by atoms with Gasteiger partial charge in [0.05, 0.1) is 0 Å². The summed E-state index contributed by atoms with van der Waals surface area (Å²) in [5, 5.41) is 3.32. The Kier molecular flexibility index (Phi) is 5.24. The molecular weight excluding hydrogens is 256 g/mol. The summed E-state index contributed by atoms with van der Waals surface area (Å²) < 4.78 is 26.1. The van der Waals surface area contributed by atoms with Gasteiger partial charge in [-0.2, -0.15) is 0 Å². The Bertz CT molecular complexity index is 546. The lowest BCUT2D eigenvalue weighted by Gasteiger charge is -2.09. The molecule has 0 fully saturated rings. The van der Waals surface area contributed by atoms with Gasteiger partial charge in [-0.15, -0.1) is 0 Å². The van der Waals surface area contributed by atoms with Crippen molar-refractivity contribution in [3.8, 4) is 0 Å². The van der Waals surface area contributed by atoms with Crippen molar-refractivity contribution in [2.75, 3.05) is 6.54 Å². The quantitative estimate of drug-likeness (QED) is 0.789. The Morgan fingerprint density at radius 3 is 2.25 bits per heavy atom. The van der Waals surface area contributed by atoms with E-state index in [9.17, 15) is 8.78 Å². The van der Waals surface area contributed by atoms with Gasteiger partial charge in [0, 0.05) is 12.6 Å². The van der Waals surface area contributed by atoms with Crippen molar-refractivity contribution in [3.05, 3.63) is 70.8 Å². The number of rotatable bonds is 6. The first-order chi connectivity index (χ1) is 9.69. The lowest BCUT2D eigenvalue weighted by Crippen LogP contribution is -2.17. The van der Waals surface area contributed by atoms with E-state index in [0.717, 1.165) is 19.0 Å². The summed E-state index contributed by atoms with van der Waals surface area (Å²) in [6, 6.07) is 12.0. The Morgan fingerprint density at radius 1 is 0.950 bits per heavy atom. The highest BCUT2D eigenvalue weighted by atomic mass is 19.1. The maximum atomic E-state index is 13.0. The number of halogens is 2. The topological polar surface area (TPSA) is 12.0 Å². The normalized spacial score (nSPS) is 10.8. The third-order valence-electron chi connectivity index (χ3n) is 3.33. The summed E-state index contributed by atoms with van der Waals surface area (Å²) in [6.07, 6.45) is 1.62. The molecule has 0 saturated heterocycles. The molecule has 0 aliphatic heterocycles. The number of hydrogen-bond donors (Lipinski definition) is 1. The fourth-order valence-corrected chi connectivity index (χ4v) is 2.29. The van der Waals surface area contributed by atoms with E-state index in [0.29, 0.717) is 18.5 Å². The standard InChI is InChI=1S/C17H19F2N/c1-2-14-5-3-4-6-15(14)12-20-8-7-13-9-16(18)11-17(19)10-13/h3-6,9-11,20H,2,7-8,12H2,1H3. The van der Waals surface area contributed by atoms with Crippen LogP contribution in [0.1, 0.15) is 23.6 Å². The minimum atomic E-state index is -0.517. The second-order valence-corrected chi connectivity index (χ2v) is 4.83. The van der Waals surface area contributed by atoms with Crippen LogP contribution >= 0.6 is 0 Å². The molecule has 0 atom stereocenters. The molecule has 0 aliphatic carbocycles. The molecule has 106 valence electrons. The van der Waals surface area contributed by atoms with Gasteiger partial charge >= 0.3 is 0 Å². The molecule has 0 aliphatic rings. The van der Waals surface area contributed by atoms with Crippen molar-refractivity contribution < 1.29 is 8.78 Å². The van der Waals surface area contributed by atoms with Crippen LogP contribution in [0.5, 0.6) is 0 Å². The van der Waals surface area contributed by atoms with Crippen LogP contribution in [-0.4, -0.2) is 6.54 Å². The summed E-state index contributed by atoms with van der Waals surface area (Å²) in [4.78, 5) is 0. The molecule has 0 spiro atoms. The third-order valence-corrected chi connectivity index (χ3v) is 3.33. The molecule has 0 saturated carbocycles. The van der Waals surface area contributed by atoms with E-state index in [1.54, 1.807) is 0 Å². The molecule has 0 heterocycles. The highest BCUT2D eigenvalue weighted by Crippen LogP contribution is 2.10. The van der Waals surface area contributed by atoms with Gasteiger partial charge in [0.25, 0.3) is 0 Å². The lowest BCUT2D eigenvalue weighted by atomic mass is 10.1. The second-order valence-electron chi connectivity index (χ2n) is 4.83. The zero-order chi connectivity index (χ0) is 14.4. The summed E-state index contributed by atoms with van der Waals surface area (Å²) in [6.45, 7) is 3.61. The van der Waals surface area contributed by atoms with Crippen molar-refractivity contribution in [1.82, 2.24) is 5.32 Å². The predicted molar refractivity (Wildman–Crippen MR) is 77.6 cm³/mol. The second kappa shape index (κ2) is 7.15. The van der Waals surface area contributed by atoms with Crippen LogP contribution in [0, 0.1) is 11.6 Å². The van der Waals surface area contributed by atoms with Crippen LogP contribution < -0.4 is 5.32 Å². The maximum Gasteiger partial charge on any atom is 0.126 e. The number of aryl methyl sites for hydroxylation is 1. The van der Waals surface area contributed by atoms with E-state index < -0.39 is 11.6 Å². The molecule has 0 aromatic heterocycles. The van der Waals surface area contributed by atoms with Gasteiger partial charge < -0.3 is 5.32 Å². The van der Waals surface area contributed by atoms with E-state index >= 15 is 0 Å². The molecule has 3 heteroatoms. The van der Waals surface area contributed by atoms with Crippen LogP contribution in [0.3, 0.4) is 0 Å². The molecule has 2 rings (SSSR count). The number of hydrogen-bond acceptors (Lipinski definition) is 1. The van der Waals surface area contributed by atoms with Crippen LogP contribution in [0.2, 0.25) is 0 Å². The fraction of sp³-hybridized carbons (Fsp3) is 0.294. The van der Waals surface area contributed by atoms with Gasteiger partial charge in [0.1, 0.15) is 11.6 Å². The van der Waals surface area contributed by atoms with E-state index in [1.807, 2.05) is 12.1 Å². The first-order valence-electron chi connectivity index (χ1n) is 6.91. The Balaban J connectivity index is 1.84. The van der Waals surface area contributed by atoms with Gasteiger partial charge in [-0.1, -0.05) is 31.2 Å². The fourth-order valence-electron chi connectivity index (χ4n) is 2.29. The van der Waals surface area contributed by atoms with Gasteiger partial charge in [0.15, 0.2) is 0 Å². The minimum Gasteiger partial charge on any atom is -0.312 e. The molecule has 1 N–H and O–H groups in total. The van der Waals surface area contributed by atoms with Crippen LogP contribution in [-0.2, 0) is 19.4 Å². The lowest BCUT2D eigenvalue weighted by molar-refractivity contribution is 0.577. The summed E-state index contributed by atoms with van der Waals surface area (Å²) in [7, 11) is 0. The molecular formula is C17H19F2N. The van der Waals surface area contributed by atoms with E-state index in [-0.39, 0.29) is 0 Å². The maximum absolute atomic E-state index is 13.0. The van der Waals surface area contributed by atoms with E-state index in [2.05, 4.69) is 24.4 Å². The van der Waals surface area contributed by atoms with Gasteiger partial charge in [0.2, 0.25) is 0 Å². The number of nitrogens with one attached hydrogen (secondary N) is 1. The first-order valence-corrected chi connectivity index (χ1v) is 6.91. The van der Waals surface area contributed by atoms with Crippen molar-refractivity contribution in [2.24, 2.45) is 0 Å². The smallest absolute Gasteiger partial charge is 0.126 e. The van der Waals surface area contributed by atoms with Gasteiger partial charge in [-0.05, 0) is 48.2 Å². The predicted octanol–water partition coefficient (Wildman–Crippen LogP) is 3.86. The highest BCUT2D eigenvalue weighted by molar-refractivity contribution is 5.26. The largest absolute Gasteiger partial charge is 0.312 e. The van der Waals surface area contributed by atoms with Crippen LogP contribution in [0.15, 0.2) is 42.5 Å². The molecule has 0 bridgehead atoms. The summed E-state index contributed by atoms with van der Waals surface area (Å²) in [5.74, 6) is -1.03. The highest BCUT2D eigenvalue weighted by Gasteiger charge is 2.02. The van der Waals surface area contributed by atoms with Crippen molar-refractivity contribution in [2.45, 2.75) is 26.3 Å². The van der Waals surface area contributed by atoms with Crippen molar-refractivity contribution in [1.29, 1.82) is 0 Å². The van der Waals surface area contributed by atoms with E-state index in [4.69, 9.17) is 0 Å². The molecule has 0 radical (unpaired) electrons. The Morgan fingerprint density at radius 2 is 1.60 bits per heavy atom. The number of benzene rings is 2. The Labute approximate surface area is 118 Å². The minimum absolute atomic E-state index is 0.517. The summed E-state index contributed by atoms with van der Waals surface area (Å²) >= 11 is 0. The molecule has 0 unspecified atom stereocenters. The monoisotopic (exact) mass is 275 g/mol. The van der Waals surface area contributed by atoms with Crippen molar-refractivity contribution >= 4 is 0 Å². The average molecular weight is 275 g/mol.